The molecule has 2 aromatic carbocycles. The third-order valence-electron chi connectivity index (χ3n) is 5.53. The highest BCUT2D eigenvalue weighted by Crippen LogP contribution is 2.31. The Labute approximate surface area is 182 Å². The lowest BCUT2D eigenvalue weighted by molar-refractivity contribution is -0.127. The fourth-order valence-corrected chi connectivity index (χ4v) is 3.80. The van der Waals surface area contributed by atoms with Crippen LogP contribution in [0.5, 0.6) is 11.5 Å². The molecule has 1 amide bonds. The summed E-state index contributed by atoms with van der Waals surface area (Å²) in [5.74, 6) is 2.43. The van der Waals surface area contributed by atoms with E-state index in [0.717, 1.165) is 41.8 Å². The van der Waals surface area contributed by atoms with E-state index in [1.54, 1.807) is 13.2 Å². The molecule has 0 bridgehead atoms. The molecule has 1 aliphatic rings. The molecular formula is C25H28N2O4. The number of fused-ring (bicyclic) bond motifs is 1. The fourth-order valence-electron chi connectivity index (χ4n) is 3.80. The number of hydrogen-bond donors (Lipinski definition) is 0. The van der Waals surface area contributed by atoms with Gasteiger partial charge in [0.25, 0.3) is 0 Å². The average molecular weight is 421 g/mol. The topological polar surface area (TPSA) is 64.8 Å². The van der Waals surface area contributed by atoms with Gasteiger partial charge in [-0.05, 0) is 55.2 Å². The SMILES string of the molecule is CCCOc1ccc(/C=C/C(=O)N2CCC(c3nc4ccccc4o3)CC2)cc1OC. The maximum Gasteiger partial charge on any atom is 0.246 e. The van der Waals surface area contributed by atoms with Crippen LogP contribution in [-0.2, 0) is 4.79 Å². The Morgan fingerprint density at radius 3 is 2.74 bits per heavy atom. The number of oxazole rings is 1. The minimum Gasteiger partial charge on any atom is -0.493 e. The lowest BCUT2D eigenvalue weighted by Crippen LogP contribution is -2.36. The maximum atomic E-state index is 12.7. The summed E-state index contributed by atoms with van der Waals surface area (Å²) in [5.41, 5.74) is 2.61. The summed E-state index contributed by atoms with van der Waals surface area (Å²) in [7, 11) is 1.62. The second kappa shape index (κ2) is 9.69. The van der Waals surface area contributed by atoms with Gasteiger partial charge in [-0.15, -0.1) is 0 Å². The molecule has 3 aromatic rings. The number of rotatable bonds is 7. The second-order valence-corrected chi connectivity index (χ2v) is 7.71. The number of hydrogen-bond acceptors (Lipinski definition) is 5. The highest BCUT2D eigenvalue weighted by atomic mass is 16.5. The van der Waals surface area contributed by atoms with Gasteiger partial charge in [-0.25, -0.2) is 4.98 Å². The summed E-state index contributed by atoms with van der Waals surface area (Å²) >= 11 is 0. The summed E-state index contributed by atoms with van der Waals surface area (Å²) in [6.45, 7) is 4.09. The quantitative estimate of drug-likeness (QED) is 0.501. The van der Waals surface area contributed by atoms with Crippen LogP contribution in [0, 0.1) is 0 Å². The van der Waals surface area contributed by atoms with E-state index in [4.69, 9.17) is 13.9 Å². The van der Waals surface area contributed by atoms with E-state index in [0.29, 0.717) is 31.2 Å². The molecular weight excluding hydrogens is 392 g/mol. The first-order valence-corrected chi connectivity index (χ1v) is 10.8. The molecule has 0 aliphatic carbocycles. The molecule has 31 heavy (non-hydrogen) atoms. The van der Waals surface area contributed by atoms with Gasteiger partial charge in [0.15, 0.2) is 23.0 Å². The second-order valence-electron chi connectivity index (χ2n) is 7.71. The number of likely N-dealkylation sites (tertiary alicyclic amines) is 1. The smallest absolute Gasteiger partial charge is 0.246 e. The van der Waals surface area contributed by atoms with Crippen LogP contribution in [0.3, 0.4) is 0 Å². The van der Waals surface area contributed by atoms with Crippen LogP contribution >= 0.6 is 0 Å². The van der Waals surface area contributed by atoms with Crippen molar-refractivity contribution in [2.45, 2.75) is 32.1 Å². The molecule has 0 unspecified atom stereocenters. The van der Waals surface area contributed by atoms with Crippen LogP contribution in [0.4, 0.5) is 0 Å². The summed E-state index contributed by atoms with van der Waals surface area (Å²) in [4.78, 5) is 19.2. The Hall–Kier alpha value is -3.28. The number of aromatic nitrogens is 1. The lowest BCUT2D eigenvalue weighted by Gasteiger charge is -2.29. The van der Waals surface area contributed by atoms with E-state index >= 15 is 0 Å². The standard InChI is InChI=1S/C25H28N2O4/c1-3-16-30-22-10-8-18(17-23(22)29-2)9-11-24(28)27-14-12-19(13-15-27)25-26-20-6-4-5-7-21(20)31-25/h4-11,17,19H,3,12-16H2,1-2H3/b11-9+. The van der Waals surface area contributed by atoms with Crippen molar-refractivity contribution in [3.05, 3.63) is 60.0 Å². The third kappa shape index (κ3) is 4.90. The van der Waals surface area contributed by atoms with Crippen molar-refractivity contribution in [2.24, 2.45) is 0 Å². The van der Waals surface area contributed by atoms with E-state index < -0.39 is 0 Å². The number of ether oxygens (including phenoxy) is 2. The predicted molar refractivity (Wildman–Crippen MR) is 120 cm³/mol. The van der Waals surface area contributed by atoms with Crippen LogP contribution in [0.25, 0.3) is 17.2 Å². The van der Waals surface area contributed by atoms with Crippen molar-refractivity contribution >= 4 is 23.1 Å². The summed E-state index contributed by atoms with van der Waals surface area (Å²) in [6, 6.07) is 13.5. The van der Waals surface area contributed by atoms with E-state index in [9.17, 15) is 4.79 Å². The minimum atomic E-state index is 0.0151. The molecule has 0 atom stereocenters. The summed E-state index contributed by atoms with van der Waals surface area (Å²) in [6.07, 6.45) is 6.08. The first kappa shape index (κ1) is 21.0. The normalized spacial score (nSPS) is 15.0. The molecule has 6 nitrogen and oxygen atoms in total. The first-order valence-electron chi connectivity index (χ1n) is 10.8. The van der Waals surface area contributed by atoms with Gasteiger partial charge in [0.1, 0.15) is 5.52 Å². The van der Waals surface area contributed by atoms with Crippen molar-refractivity contribution in [1.29, 1.82) is 0 Å². The van der Waals surface area contributed by atoms with E-state index in [-0.39, 0.29) is 11.8 Å². The molecule has 4 rings (SSSR count). The van der Waals surface area contributed by atoms with Gasteiger partial charge in [-0.3, -0.25) is 4.79 Å². The van der Waals surface area contributed by atoms with Gasteiger partial charge in [0.05, 0.1) is 13.7 Å². The Kier molecular flexibility index (Phi) is 6.55. The van der Waals surface area contributed by atoms with E-state index in [1.807, 2.05) is 53.4 Å². The van der Waals surface area contributed by atoms with Crippen LogP contribution in [0.2, 0.25) is 0 Å². The molecule has 0 radical (unpaired) electrons. The largest absolute Gasteiger partial charge is 0.493 e. The number of nitrogens with zero attached hydrogens (tertiary/aromatic N) is 2. The van der Waals surface area contributed by atoms with Crippen molar-refractivity contribution in [3.8, 4) is 11.5 Å². The third-order valence-corrected chi connectivity index (χ3v) is 5.53. The van der Waals surface area contributed by atoms with Crippen molar-refractivity contribution in [3.63, 3.8) is 0 Å². The molecule has 1 saturated heterocycles. The highest BCUT2D eigenvalue weighted by molar-refractivity contribution is 5.92. The minimum absolute atomic E-state index is 0.0151. The molecule has 162 valence electrons. The molecule has 0 N–H and O–H groups in total. The Morgan fingerprint density at radius 2 is 2.00 bits per heavy atom. The number of piperidine rings is 1. The average Bonchev–Trinajstić information content (AvgIpc) is 3.26. The number of benzene rings is 2. The van der Waals surface area contributed by atoms with E-state index in [1.165, 1.54) is 0 Å². The number of para-hydroxylation sites is 2. The van der Waals surface area contributed by atoms with Crippen LogP contribution < -0.4 is 9.47 Å². The van der Waals surface area contributed by atoms with Crippen LogP contribution in [0.15, 0.2) is 53.0 Å². The monoisotopic (exact) mass is 420 g/mol. The first-order chi connectivity index (χ1) is 15.2. The number of carbonyl (C=O) groups excluding carboxylic acids is 1. The van der Waals surface area contributed by atoms with Gasteiger partial charge in [-0.1, -0.05) is 25.1 Å². The Balaban J connectivity index is 1.35. The van der Waals surface area contributed by atoms with Gasteiger partial charge in [0.2, 0.25) is 5.91 Å². The number of carbonyl (C=O) groups is 1. The van der Waals surface area contributed by atoms with E-state index in [2.05, 4.69) is 11.9 Å². The molecule has 0 spiro atoms. The van der Waals surface area contributed by atoms with Crippen molar-refractivity contribution < 1.29 is 18.7 Å². The molecule has 1 fully saturated rings. The van der Waals surface area contributed by atoms with Crippen LogP contribution in [0.1, 0.15) is 43.6 Å². The molecule has 1 aromatic heterocycles. The summed E-state index contributed by atoms with van der Waals surface area (Å²) in [5, 5.41) is 0. The predicted octanol–water partition coefficient (Wildman–Crippen LogP) is 5.04. The van der Waals surface area contributed by atoms with Gasteiger partial charge in [0, 0.05) is 25.1 Å². The van der Waals surface area contributed by atoms with Gasteiger partial charge >= 0.3 is 0 Å². The van der Waals surface area contributed by atoms with Gasteiger partial charge in [-0.2, -0.15) is 0 Å². The zero-order chi connectivity index (χ0) is 21.6. The van der Waals surface area contributed by atoms with Crippen molar-refractivity contribution in [2.75, 3.05) is 26.8 Å². The van der Waals surface area contributed by atoms with Crippen LogP contribution in [-0.4, -0.2) is 42.6 Å². The summed E-state index contributed by atoms with van der Waals surface area (Å²) < 4.78 is 17.0. The number of amides is 1. The lowest BCUT2D eigenvalue weighted by atomic mass is 9.96. The molecule has 6 heteroatoms. The zero-order valence-corrected chi connectivity index (χ0v) is 18.0. The van der Waals surface area contributed by atoms with Crippen molar-refractivity contribution in [1.82, 2.24) is 9.88 Å². The highest BCUT2D eigenvalue weighted by Gasteiger charge is 2.26. The molecule has 2 heterocycles. The zero-order valence-electron chi connectivity index (χ0n) is 18.0. The Morgan fingerprint density at radius 1 is 1.19 bits per heavy atom. The number of methoxy groups -OCH3 is 1. The maximum absolute atomic E-state index is 12.7. The van der Waals surface area contributed by atoms with Gasteiger partial charge < -0.3 is 18.8 Å². The Bertz CT molecular complexity index is 1030. The molecule has 0 saturated carbocycles. The molecule has 1 aliphatic heterocycles. The fraction of sp³-hybridized carbons (Fsp3) is 0.360.